The number of carbonyl (C=O) groups is 1. The fourth-order valence-electron chi connectivity index (χ4n) is 2.06. The number of aliphatic hydroxyl groups is 4. The minimum Gasteiger partial charge on any atom is -0.394 e. The van der Waals surface area contributed by atoms with Crippen molar-refractivity contribution in [1.29, 1.82) is 0 Å². The summed E-state index contributed by atoms with van der Waals surface area (Å²) in [6.07, 6.45) is -5.91. The number of carbonyl (C=O) groups excluding carboxylic acids is 1. The van der Waals surface area contributed by atoms with E-state index in [1.54, 1.807) is 0 Å². The number of hydrogen-bond donors (Lipinski definition) is 5. The molecule has 104 valence electrons. The van der Waals surface area contributed by atoms with E-state index in [1.165, 1.54) is 0 Å². The van der Waals surface area contributed by atoms with E-state index in [2.05, 4.69) is 5.32 Å². The molecule has 8 nitrogen and oxygen atoms in total. The second-order valence-corrected chi connectivity index (χ2v) is 4.33. The number of amides is 2. The summed E-state index contributed by atoms with van der Waals surface area (Å²) in [5.41, 5.74) is 0. The highest BCUT2D eigenvalue weighted by Gasteiger charge is 2.59. The highest BCUT2D eigenvalue weighted by molar-refractivity contribution is 5.75. The maximum atomic E-state index is 13.9. The Balaban J connectivity index is 2.15. The van der Waals surface area contributed by atoms with Gasteiger partial charge in [0.05, 0.1) is 6.61 Å². The summed E-state index contributed by atoms with van der Waals surface area (Å²) in [6, 6.07) is -0.819. The molecule has 18 heavy (non-hydrogen) atoms. The fourth-order valence-corrected chi connectivity index (χ4v) is 2.06. The molecule has 5 atom stereocenters. The van der Waals surface area contributed by atoms with Gasteiger partial charge in [-0.05, 0) is 0 Å². The van der Waals surface area contributed by atoms with Crippen molar-refractivity contribution in [1.82, 2.24) is 10.2 Å². The summed E-state index contributed by atoms with van der Waals surface area (Å²) in [7, 11) is 0. The third kappa shape index (κ3) is 2.04. The Labute approximate surface area is 102 Å². The molecule has 2 aliphatic heterocycles. The maximum Gasteiger partial charge on any atom is 0.321 e. The molecule has 0 bridgehead atoms. The quantitative estimate of drug-likeness (QED) is 0.375. The molecule has 0 aromatic rings. The molecule has 9 heteroatoms. The van der Waals surface area contributed by atoms with Crippen LogP contribution in [-0.4, -0.2) is 75.0 Å². The van der Waals surface area contributed by atoms with Crippen LogP contribution in [0.5, 0.6) is 0 Å². The third-order valence-electron chi connectivity index (χ3n) is 3.07. The number of halogens is 1. The molecule has 0 aromatic heterocycles. The molecule has 2 rings (SSSR count). The van der Waals surface area contributed by atoms with Crippen LogP contribution in [0, 0.1) is 0 Å². The number of nitrogens with one attached hydrogen (secondary N) is 1. The number of aliphatic hydroxyl groups excluding tert-OH is 3. The standard InChI is InChI=1S/C9H15FN2O6/c10-9(17)6(15)4(3-13)18-7(9)12-2-1-5(14)11-8(12)16/h4-7,13-15,17H,1-3H2,(H,11,16)/t4-,5?,6-,7-,9-/m1/s1. The average Bonchev–Trinajstić information content (AvgIpc) is 2.52. The minimum atomic E-state index is -3.17. The second kappa shape index (κ2) is 4.59. The van der Waals surface area contributed by atoms with E-state index in [9.17, 15) is 24.5 Å². The fraction of sp³-hybridized carbons (Fsp3) is 0.889. The molecule has 2 aliphatic rings. The van der Waals surface area contributed by atoms with Crippen molar-refractivity contribution in [3.63, 3.8) is 0 Å². The predicted octanol–water partition coefficient (Wildman–Crippen LogP) is -2.54. The van der Waals surface area contributed by atoms with Gasteiger partial charge < -0.3 is 30.5 Å². The number of nitrogens with zero attached hydrogens (tertiary/aromatic N) is 1. The van der Waals surface area contributed by atoms with Gasteiger partial charge in [0, 0.05) is 13.0 Å². The number of ether oxygens (including phenoxy) is 1. The van der Waals surface area contributed by atoms with Crippen LogP contribution < -0.4 is 5.32 Å². The smallest absolute Gasteiger partial charge is 0.321 e. The van der Waals surface area contributed by atoms with Gasteiger partial charge in [0.2, 0.25) is 0 Å². The lowest BCUT2D eigenvalue weighted by Crippen LogP contribution is -2.61. The first kappa shape index (κ1) is 13.4. The topological polar surface area (TPSA) is 122 Å². The van der Waals surface area contributed by atoms with E-state index in [4.69, 9.17) is 9.84 Å². The Hall–Kier alpha value is -1.00. The molecule has 0 radical (unpaired) electrons. The Morgan fingerprint density at radius 1 is 1.56 bits per heavy atom. The van der Waals surface area contributed by atoms with E-state index in [1.807, 2.05) is 0 Å². The van der Waals surface area contributed by atoms with Crippen LogP contribution >= 0.6 is 0 Å². The zero-order valence-corrected chi connectivity index (χ0v) is 9.36. The first-order valence-electron chi connectivity index (χ1n) is 5.48. The predicted molar refractivity (Wildman–Crippen MR) is 53.7 cm³/mol. The van der Waals surface area contributed by atoms with Crippen molar-refractivity contribution in [2.45, 2.75) is 36.9 Å². The van der Waals surface area contributed by atoms with Crippen molar-refractivity contribution in [3.05, 3.63) is 0 Å². The van der Waals surface area contributed by atoms with E-state index in [0.717, 1.165) is 4.90 Å². The summed E-state index contributed by atoms with van der Waals surface area (Å²) < 4.78 is 18.9. The highest BCUT2D eigenvalue weighted by atomic mass is 19.2. The lowest BCUT2D eigenvalue weighted by atomic mass is 10.1. The minimum absolute atomic E-state index is 0.0469. The normalized spacial score (nSPS) is 45.2. The van der Waals surface area contributed by atoms with Gasteiger partial charge in [0.1, 0.15) is 18.4 Å². The number of rotatable bonds is 2. The van der Waals surface area contributed by atoms with Crippen LogP contribution in [-0.2, 0) is 4.74 Å². The lowest BCUT2D eigenvalue weighted by Gasteiger charge is -2.37. The van der Waals surface area contributed by atoms with Gasteiger partial charge in [-0.1, -0.05) is 0 Å². The van der Waals surface area contributed by atoms with Gasteiger partial charge in [-0.3, -0.25) is 4.90 Å². The molecule has 0 spiro atoms. The van der Waals surface area contributed by atoms with E-state index in [-0.39, 0.29) is 13.0 Å². The van der Waals surface area contributed by atoms with Crippen molar-refractivity contribution in [3.8, 4) is 0 Å². The van der Waals surface area contributed by atoms with E-state index in [0.29, 0.717) is 0 Å². The van der Waals surface area contributed by atoms with Crippen LogP contribution in [0.1, 0.15) is 6.42 Å². The number of alkyl halides is 1. The van der Waals surface area contributed by atoms with Crippen molar-refractivity contribution in [2.24, 2.45) is 0 Å². The molecule has 5 N–H and O–H groups in total. The van der Waals surface area contributed by atoms with Crippen LogP contribution in [0.3, 0.4) is 0 Å². The average molecular weight is 266 g/mol. The monoisotopic (exact) mass is 266 g/mol. The molecular formula is C9H15FN2O6. The Bertz CT molecular complexity index is 341. The molecule has 0 saturated carbocycles. The SMILES string of the molecule is O=C1NC(O)CCN1[C@@H]1O[C@H](CO)[C@@H](O)[C@]1(O)F. The summed E-state index contributed by atoms with van der Waals surface area (Å²) in [5.74, 6) is -3.17. The van der Waals surface area contributed by atoms with E-state index < -0.39 is 43.2 Å². The van der Waals surface area contributed by atoms with Crippen molar-refractivity contribution in [2.75, 3.05) is 13.2 Å². The zero-order valence-electron chi connectivity index (χ0n) is 9.36. The second-order valence-electron chi connectivity index (χ2n) is 4.33. The molecule has 2 heterocycles. The summed E-state index contributed by atoms with van der Waals surface area (Å²) in [5, 5.41) is 39.1. The Kier molecular flexibility index (Phi) is 3.43. The van der Waals surface area contributed by atoms with Crippen LogP contribution in [0.2, 0.25) is 0 Å². The van der Waals surface area contributed by atoms with Crippen molar-refractivity contribution >= 4 is 6.03 Å². The maximum absolute atomic E-state index is 13.9. The first-order valence-corrected chi connectivity index (χ1v) is 5.48. The zero-order chi connectivity index (χ0) is 13.5. The molecule has 0 aromatic carbocycles. The molecule has 0 aliphatic carbocycles. The molecule has 2 saturated heterocycles. The summed E-state index contributed by atoms with van der Waals surface area (Å²) in [4.78, 5) is 12.4. The highest BCUT2D eigenvalue weighted by Crippen LogP contribution is 2.35. The van der Waals surface area contributed by atoms with Crippen LogP contribution in [0.4, 0.5) is 9.18 Å². The van der Waals surface area contributed by atoms with Gasteiger partial charge in [0.25, 0.3) is 5.85 Å². The largest absolute Gasteiger partial charge is 0.394 e. The van der Waals surface area contributed by atoms with Gasteiger partial charge >= 0.3 is 6.03 Å². The van der Waals surface area contributed by atoms with Gasteiger partial charge in [-0.2, -0.15) is 0 Å². The van der Waals surface area contributed by atoms with Gasteiger partial charge in [-0.15, -0.1) is 0 Å². The number of hydrogen-bond acceptors (Lipinski definition) is 6. The first-order chi connectivity index (χ1) is 8.37. The summed E-state index contributed by atoms with van der Waals surface area (Å²) >= 11 is 0. The molecule has 1 unspecified atom stereocenters. The van der Waals surface area contributed by atoms with Crippen LogP contribution in [0.15, 0.2) is 0 Å². The van der Waals surface area contributed by atoms with Crippen molar-refractivity contribution < 1.29 is 34.3 Å². The lowest BCUT2D eigenvalue weighted by molar-refractivity contribution is -0.207. The van der Waals surface area contributed by atoms with Gasteiger partial charge in [-0.25, -0.2) is 9.18 Å². The van der Waals surface area contributed by atoms with E-state index >= 15 is 0 Å². The molecule has 2 amide bonds. The third-order valence-corrected chi connectivity index (χ3v) is 3.07. The van der Waals surface area contributed by atoms with Crippen LogP contribution in [0.25, 0.3) is 0 Å². The molecule has 2 fully saturated rings. The molecular weight excluding hydrogens is 251 g/mol. The number of urea groups is 1. The van der Waals surface area contributed by atoms with Gasteiger partial charge in [0.15, 0.2) is 6.23 Å². The Morgan fingerprint density at radius 2 is 2.22 bits per heavy atom. The Morgan fingerprint density at radius 3 is 2.72 bits per heavy atom. The summed E-state index contributed by atoms with van der Waals surface area (Å²) in [6.45, 7) is -0.739.